The molecule has 2 nitrogen and oxygen atoms in total. The van der Waals surface area contributed by atoms with Crippen LogP contribution in [0.4, 0.5) is 0 Å². The van der Waals surface area contributed by atoms with Crippen LogP contribution in [-0.4, -0.2) is 4.98 Å². The first-order valence-electron chi connectivity index (χ1n) is 4.38. The molecular formula is C11H10ClNO. The Morgan fingerprint density at radius 2 is 1.86 bits per heavy atom. The fourth-order valence-corrected chi connectivity index (χ4v) is 1.76. The molecule has 0 atom stereocenters. The van der Waals surface area contributed by atoms with E-state index in [9.17, 15) is 4.79 Å². The van der Waals surface area contributed by atoms with Crippen LogP contribution in [0.1, 0.15) is 11.1 Å². The molecule has 0 fully saturated rings. The molecule has 0 aliphatic heterocycles. The first-order valence-corrected chi connectivity index (χ1v) is 4.76. The number of H-pyrrole nitrogens is 1. The van der Waals surface area contributed by atoms with Gasteiger partial charge in [-0.05, 0) is 25.0 Å². The molecule has 0 amide bonds. The van der Waals surface area contributed by atoms with Gasteiger partial charge in [-0.15, -0.1) is 0 Å². The lowest BCUT2D eigenvalue weighted by atomic mass is 10.1. The minimum absolute atomic E-state index is 0.0957. The standard InChI is InChI=1S/C11H10ClNO/c1-6-3-4-7(2)10-9(6)11(14)8(12)5-13-10/h3-5H,1-2H3,(H,13,14). The van der Waals surface area contributed by atoms with E-state index in [2.05, 4.69) is 4.98 Å². The zero-order chi connectivity index (χ0) is 10.3. The van der Waals surface area contributed by atoms with Crippen LogP contribution in [0.3, 0.4) is 0 Å². The number of rotatable bonds is 0. The number of aryl methyl sites for hydroxylation is 2. The Morgan fingerprint density at radius 3 is 2.57 bits per heavy atom. The molecule has 0 saturated carbocycles. The summed E-state index contributed by atoms with van der Waals surface area (Å²) in [6, 6.07) is 3.92. The Bertz CT molecular complexity index is 557. The molecule has 0 radical (unpaired) electrons. The molecule has 2 aromatic rings. The van der Waals surface area contributed by atoms with Gasteiger partial charge in [-0.1, -0.05) is 23.7 Å². The van der Waals surface area contributed by atoms with Crippen molar-refractivity contribution in [1.82, 2.24) is 4.98 Å². The van der Waals surface area contributed by atoms with Crippen molar-refractivity contribution in [2.45, 2.75) is 13.8 Å². The summed E-state index contributed by atoms with van der Waals surface area (Å²) >= 11 is 5.77. The highest BCUT2D eigenvalue weighted by atomic mass is 35.5. The van der Waals surface area contributed by atoms with Gasteiger partial charge in [0.1, 0.15) is 5.02 Å². The predicted molar refractivity (Wildman–Crippen MR) is 59.1 cm³/mol. The predicted octanol–water partition coefficient (Wildman–Crippen LogP) is 2.80. The number of fused-ring (bicyclic) bond motifs is 1. The molecule has 0 aliphatic rings. The number of aromatic amines is 1. The third kappa shape index (κ3) is 1.23. The van der Waals surface area contributed by atoms with Gasteiger partial charge in [0.2, 0.25) is 5.43 Å². The highest BCUT2D eigenvalue weighted by Crippen LogP contribution is 2.18. The molecule has 2 rings (SSSR count). The monoisotopic (exact) mass is 207 g/mol. The van der Waals surface area contributed by atoms with Gasteiger partial charge in [-0.2, -0.15) is 0 Å². The van der Waals surface area contributed by atoms with E-state index in [0.29, 0.717) is 5.39 Å². The number of nitrogens with one attached hydrogen (secondary N) is 1. The molecular weight excluding hydrogens is 198 g/mol. The summed E-state index contributed by atoms with van der Waals surface area (Å²) < 4.78 is 0. The summed E-state index contributed by atoms with van der Waals surface area (Å²) in [5.74, 6) is 0. The maximum Gasteiger partial charge on any atom is 0.208 e. The molecule has 0 saturated heterocycles. The lowest BCUT2D eigenvalue weighted by Gasteiger charge is -2.04. The van der Waals surface area contributed by atoms with E-state index in [4.69, 9.17) is 11.6 Å². The van der Waals surface area contributed by atoms with Crippen LogP contribution in [0.5, 0.6) is 0 Å². The number of benzene rings is 1. The molecule has 1 aromatic heterocycles. The topological polar surface area (TPSA) is 32.9 Å². The average Bonchev–Trinajstić information content (AvgIpc) is 2.16. The van der Waals surface area contributed by atoms with Gasteiger partial charge >= 0.3 is 0 Å². The molecule has 1 heterocycles. The van der Waals surface area contributed by atoms with Crippen molar-refractivity contribution in [3.63, 3.8) is 0 Å². The number of hydrogen-bond donors (Lipinski definition) is 1. The Morgan fingerprint density at radius 1 is 1.21 bits per heavy atom. The second-order valence-corrected chi connectivity index (χ2v) is 3.82. The molecule has 0 spiro atoms. The van der Waals surface area contributed by atoms with Crippen molar-refractivity contribution in [3.8, 4) is 0 Å². The SMILES string of the molecule is Cc1ccc(C)c2c(=O)c(Cl)c[nH]c12. The average molecular weight is 208 g/mol. The molecule has 0 unspecified atom stereocenters. The quantitative estimate of drug-likeness (QED) is 0.708. The summed E-state index contributed by atoms with van der Waals surface area (Å²) in [6.45, 7) is 3.87. The minimum atomic E-state index is -0.0957. The second kappa shape index (κ2) is 3.14. The maximum absolute atomic E-state index is 11.7. The molecule has 72 valence electrons. The fraction of sp³-hybridized carbons (Fsp3) is 0.182. The van der Waals surface area contributed by atoms with E-state index in [-0.39, 0.29) is 10.5 Å². The van der Waals surface area contributed by atoms with E-state index < -0.39 is 0 Å². The van der Waals surface area contributed by atoms with Gasteiger partial charge in [-0.25, -0.2) is 0 Å². The Kier molecular flexibility index (Phi) is 2.08. The van der Waals surface area contributed by atoms with Crippen LogP contribution in [0.25, 0.3) is 10.9 Å². The third-order valence-electron chi connectivity index (χ3n) is 2.41. The van der Waals surface area contributed by atoms with Crippen LogP contribution in [0.2, 0.25) is 5.02 Å². The maximum atomic E-state index is 11.7. The van der Waals surface area contributed by atoms with Crippen molar-refractivity contribution in [2.24, 2.45) is 0 Å². The van der Waals surface area contributed by atoms with Crippen molar-refractivity contribution < 1.29 is 0 Å². The highest BCUT2D eigenvalue weighted by Gasteiger charge is 2.07. The molecule has 0 aliphatic carbocycles. The van der Waals surface area contributed by atoms with Crippen LogP contribution in [0.15, 0.2) is 23.1 Å². The summed E-state index contributed by atoms with van der Waals surface area (Å²) in [7, 11) is 0. The summed E-state index contributed by atoms with van der Waals surface area (Å²) in [6.07, 6.45) is 1.54. The van der Waals surface area contributed by atoms with Crippen molar-refractivity contribution in [3.05, 3.63) is 44.7 Å². The summed E-state index contributed by atoms with van der Waals surface area (Å²) in [5, 5.41) is 0.934. The van der Waals surface area contributed by atoms with Gasteiger partial charge in [-0.3, -0.25) is 4.79 Å². The van der Waals surface area contributed by atoms with Crippen LogP contribution >= 0.6 is 11.6 Å². The van der Waals surface area contributed by atoms with Crippen molar-refractivity contribution >= 4 is 22.5 Å². The first-order chi connectivity index (χ1) is 6.61. The van der Waals surface area contributed by atoms with Gasteiger partial charge < -0.3 is 4.98 Å². The Hall–Kier alpha value is -1.28. The lowest BCUT2D eigenvalue weighted by molar-refractivity contribution is 1.33. The first kappa shape index (κ1) is 9.28. The van der Waals surface area contributed by atoms with Gasteiger partial charge in [0.25, 0.3) is 0 Å². The summed E-state index contributed by atoms with van der Waals surface area (Å²) in [5.41, 5.74) is 2.79. The Labute approximate surface area is 86.5 Å². The molecule has 14 heavy (non-hydrogen) atoms. The molecule has 0 bridgehead atoms. The lowest BCUT2D eigenvalue weighted by Crippen LogP contribution is -2.05. The van der Waals surface area contributed by atoms with Gasteiger partial charge in [0, 0.05) is 6.20 Å². The number of halogens is 1. The minimum Gasteiger partial charge on any atom is -0.359 e. The summed E-state index contributed by atoms with van der Waals surface area (Å²) in [4.78, 5) is 14.8. The van der Waals surface area contributed by atoms with E-state index in [0.717, 1.165) is 16.6 Å². The van der Waals surface area contributed by atoms with Gasteiger partial charge in [0.05, 0.1) is 10.9 Å². The third-order valence-corrected chi connectivity index (χ3v) is 2.69. The highest BCUT2D eigenvalue weighted by molar-refractivity contribution is 6.31. The van der Waals surface area contributed by atoms with E-state index in [1.807, 2.05) is 26.0 Å². The number of aromatic nitrogens is 1. The zero-order valence-corrected chi connectivity index (χ0v) is 8.77. The van der Waals surface area contributed by atoms with Gasteiger partial charge in [0.15, 0.2) is 0 Å². The van der Waals surface area contributed by atoms with E-state index in [1.54, 1.807) is 6.20 Å². The van der Waals surface area contributed by atoms with Crippen molar-refractivity contribution in [1.29, 1.82) is 0 Å². The van der Waals surface area contributed by atoms with Crippen LogP contribution in [0, 0.1) is 13.8 Å². The number of pyridine rings is 1. The Balaban J connectivity index is 3.09. The zero-order valence-electron chi connectivity index (χ0n) is 8.02. The van der Waals surface area contributed by atoms with E-state index in [1.165, 1.54) is 0 Å². The molecule has 1 aromatic carbocycles. The second-order valence-electron chi connectivity index (χ2n) is 3.42. The van der Waals surface area contributed by atoms with E-state index >= 15 is 0 Å². The molecule has 1 N–H and O–H groups in total. The smallest absolute Gasteiger partial charge is 0.208 e. The normalized spacial score (nSPS) is 10.8. The van der Waals surface area contributed by atoms with Crippen LogP contribution < -0.4 is 5.43 Å². The van der Waals surface area contributed by atoms with Crippen molar-refractivity contribution in [2.75, 3.05) is 0 Å². The fourth-order valence-electron chi connectivity index (χ4n) is 1.61. The molecule has 3 heteroatoms. The number of hydrogen-bond acceptors (Lipinski definition) is 1. The largest absolute Gasteiger partial charge is 0.359 e. The van der Waals surface area contributed by atoms with Crippen LogP contribution in [-0.2, 0) is 0 Å².